The summed E-state index contributed by atoms with van der Waals surface area (Å²) in [6.07, 6.45) is 14.7. The molecule has 2 bridgehead atoms. The fourth-order valence-corrected chi connectivity index (χ4v) is 11.9. The summed E-state index contributed by atoms with van der Waals surface area (Å²) in [5.74, 6) is -1.62. The Bertz CT molecular complexity index is 2450. The lowest BCUT2D eigenvalue weighted by molar-refractivity contribution is -0.154. The summed E-state index contributed by atoms with van der Waals surface area (Å²) in [5, 5.41) is 0.910. The number of amides is 2. The number of rotatable bonds is 17. The van der Waals surface area contributed by atoms with Gasteiger partial charge in [-0.25, -0.2) is 13.4 Å². The third-order valence-electron chi connectivity index (χ3n) is 15.6. The molecule has 12 nitrogen and oxygen atoms in total. The zero-order valence-electron chi connectivity index (χ0n) is 40.8. The van der Waals surface area contributed by atoms with Gasteiger partial charge in [0, 0.05) is 18.2 Å². The average Bonchev–Trinajstić information content (AvgIpc) is 4.27. The van der Waals surface area contributed by atoms with E-state index in [9.17, 15) is 22.8 Å². The number of nitrogens with one attached hydrogen (secondary N) is 1. The molecule has 0 unspecified atom stereocenters. The summed E-state index contributed by atoms with van der Waals surface area (Å²) in [5.41, 5.74) is 0.995. The highest BCUT2D eigenvalue weighted by Gasteiger charge is 2.62. The highest BCUT2D eigenvalue weighted by atomic mass is 32.2. The minimum absolute atomic E-state index is 0.0495. The van der Waals surface area contributed by atoms with Gasteiger partial charge in [0.1, 0.15) is 18.0 Å². The van der Waals surface area contributed by atoms with Crippen LogP contribution in [0.2, 0.25) is 0 Å². The molecule has 2 aliphatic heterocycles. The highest BCUT2D eigenvalue weighted by Crippen LogP contribution is 2.57. The molecule has 3 aromatic rings. The number of allylic oxidation sites excluding steroid dienone is 1. The minimum atomic E-state index is -3.97. The fraction of sp³-hybridized carbons (Fsp3) is 0.618. The molecule has 68 heavy (non-hydrogen) atoms. The van der Waals surface area contributed by atoms with Crippen molar-refractivity contribution in [2.24, 2.45) is 28.6 Å². The summed E-state index contributed by atoms with van der Waals surface area (Å²) in [4.78, 5) is 64.0. The number of para-hydroxylation sites is 1. The van der Waals surface area contributed by atoms with E-state index in [1.165, 1.54) is 29.7 Å². The number of nitrogens with zero attached hydrogens (tertiary/aromatic N) is 2. The molecule has 3 saturated carbocycles. The molecule has 0 spiro atoms. The van der Waals surface area contributed by atoms with Gasteiger partial charge in [0.2, 0.25) is 27.7 Å². The zero-order valence-corrected chi connectivity index (χ0v) is 41.6. The lowest BCUT2D eigenvalue weighted by Crippen LogP contribution is -2.49. The number of sulfonamides is 1. The number of unbranched alkanes of at least 4 members (excludes halogenated alkanes) is 5. The lowest BCUT2D eigenvalue weighted by atomic mass is 9.77. The predicted octanol–water partition coefficient (Wildman–Crippen LogP) is 9.80. The van der Waals surface area contributed by atoms with Gasteiger partial charge < -0.3 is 19.1 Å². The quantitative estimate of drug-likeness (QED) is 0.0785. The Balaban J connectivity index is 1.05. The summed E-state index contributed by atoms with van der Waals surface area (Å²) >= 11 is 0. The van der Waals surface area contributed by atoms with Crippen molar-refractivity contribution in [1.29, 1.82) is 0 Å². The van der Waals surface area contributed by atoms with E-state index in [1.807, 2.05) is 45.0 Å². The second-order valence-corrected chi connectivity index (χ2v) is 24.1. The Labute approximate surface area is 403 Å². The third kappa shape index (κ3) is 11.5. The van der Waals surface area contributed by atoms with Gasteiger partial charge in [0.05, 0.1) is 52.8 Å². The normalized spacial score (nSPS) is 27.1. The van der Waals surface area contributed by atoms with Gasteiger partial charge in [-0.3, -0.25) is 23.9 Å². The number of pyridine rings is 1. The Morgan fingerprint density at radius 3 is 2.38 bits per heavy atom. The number of carbonyl (C=O) groups excluding carboxylic acids is 4. The van der Waals surface area contributed by atoms with Crippen molar-refractivity contribution in [3.05, 3.63) is 78.4 Å². The number of aromatic nitrogens is 1. The van der Waals surface area contributed by atoms with Crippen LogP contribution < -0.4 is 14.2 Å². The van der Waals surface area contributed by atoms with E-state index in [2.05, 4.69) is 41.6 Å². The van der Waals surface area contributed by atoms with E-state index >= 15 is 4.79 Å². The molecule has 5 aliphatic rings. The van der Waals surface area contributed by atoms with Crippen molar-refractivity contribution in [2.45, 2.75) is 173 Å². The number of carbonyl (C=O) groups is 4. The molecular formula is C55H73N3O9S. The second-order valence-electron chi connectivity index (χ2n) is 21.9. The monoisotopic (exact) mass is 952 g/mol. The fourth-order valence-electron chi connectivity index (χ4n) is 10.5. The van der Waals surface area contributed by atoms with E-state index in [4.69, 9.17) is 19.2 Å². The number of esters is 1. The largest absolute Gasteiger partial charge is 0.492 e. The van der Waals surface area contributed by atoms with Crippen LogP contribution in [-0.4, -0.2) is 78.0 Å². The molecule has 3 heterocycles. The number of Topliss-reactive ketones (excluding diaryl/α,β-unsaturated/α-hetero) is 1. The SMILES string of the molecule is C=C[C@@H]1C[C@]1(CC(=O)[C@@H]1C[C@@H]2CN1C(=O)[C@H](C(C)(C)C)CC(=O)O[C@@H]1C[C@H]1CCCCCc1c(nc3ccccc3c1OCCCCCCCCc1ccccc1)O2)C(=O)NS(=O)(=O)C1(C)CC1. The van der Waals surface area contributed by atoms with Crippen molar-refractivity contribution in [1.82, 2.24) is 14.6 Å². The smallest absolute Gasteiger partial charge is 0.306 e. The number of fused-ring (bicyclic) bond motifs is 5. The van der Waals surface area contributed by atoms with Gasteiger partial charge in [-0.05, 0) is 106 Å². The van der Waals surface area contributed by atoms with Crippen LogP contribution >= 0.6 is 0 Å². The van der Waals surface area contributed by atoms with Crippen LogP contribution in [0.15, 0.2) is 67.3 Å². The summed E-state index contributed by atoms with van der Waals surface area (Å²) in [6, 6.07) is 17.6. The van der Waals surface area contributed by atoms with E-state index in [1.54, 1.807) is 13.0 Å². The van der Waals surface area contributed by atoms with E-state index < -0.39 is 61.5 Å². The molecular weight excluding hydrogens is 879 g/mol. The molecule has 1 saturated heterocycles. The standard InChI is InChI=1S/C55H73N3O9S/c1-6-39-34-55(39,52(62)57-68(63,64)54(5)28-29-54)35-46(59)45-32-40-36-58(45)51(61)43(53(2,3)4)33-48(60)67-47-31-38(47)24-16-12-17-26-42-49(41-25-18-19-27-44(41)56-50(42)66-40)65-30-20-10-8-7-9-13-21-37-22-14-11-15-23-37/h6,11,14-15,18-19,22-23,25,27,38-40,43,45,47H,1,7-10,12-13,16-17,20-21,24,26,28-36H2,2-5H3,(H,57,62)/t38-,39-,40-,43-,45+,47-,55-/m1/s1. The molecule has 4 fully saturated rings. The molecule has 0 radical (unpaired) electrons. The van der Waals surface area contributed by atoms with Gasteiger partial charge in [0.15, 0.2) is 5.78 Å². The molecule has 13 heteroatoms. The van der Waals surface area contributed by atoms with Crippen LogP contribution in [0.3, 0.4) is 0 Å². The van der Waals surface area contributed by atoms with Crippen molar-refractivity contribution in [3.63, 3.8) is 0 Å². The van der Waals surface area contributed by atoms with Crippen LogP contribution in [0, 0.1) is 28.6 Å². The molecule has 1 aromatic heterocycles. The molecule has 2 aromatic carbocycles. The highest BCUT2D eigenvalue weighted by molar-refractivity contribution is 7.91. The zero-order chi connectivity index (χ0) is 48.3. The van der Waals surface area contributed by atoms with Crippen molar-refractivity contribution in [2.75, 3.05) is 13.2 Å². The predicted molar refractivity (Wildman–Crippen MR) is 262 cm³/mol. The first kappa shape index (κ1) is 49.6. The maximum absolute atomic E-state index is 15.0. The molecule has 2 amide bonds. The van der Waals surface area contributed by atoms with Gasteiger partial charge in [-0.1, -0.05) is 108 Å². The first-order chi connectivity index (χ1) is 32.5. The Morgan fingerprint density at radius 2 is 1.66 bits per heavy atom. The molecule has 8 rings (SSSR count). The van der Waals surface area contributed by atoms with Gasteiger partial charge in [0.25, 0.3) is 0 Å². The first-order valence-electron chi connectivity index (χ1n) is 25.5. The van der Waals surface area contributed by atoms with Crippen LogP contribution in [-0.2, 0) is 46.8 Å². The van der Waals surface area contributed by atoms with Crippen molar-refractivity contribution in [3.8, 4) is 11.6 Å². The number of hydrogen-bond acceptors (Lipinski definition) is 10. The topological polar surface area (TPSA) is 158 Å². The van der Waals surface area contributed by atoms with Crippen molar-refractivity contribution >= 4 is 44.5 Å². The maximum atomic E-state index is 15.0. The summed E-state index contributed by atoms with van der Waals surface area (Å²) < 4.78 is 47.5. The van der Waals surface area contributed by atoms with Crippen LogP contribution in [0.1, 0.15) is 148 Å². The summed E-state index contributed by atoms with van der Waals surface area (Å²) in [6.45, 7) is 11.8. The molecule has 1 N–H and O–H groups in total. The average molecular weight is 952 g/mol. The van der Waals surface area contributed by atoms with Crippen molar-refractivity contribution < 1.29 is 41.8 Å². The number of ketones is 1. The molecule has 3 aliphatic carbocycles. The molecule has 7 atom stereocenters. The van der Waals surface area contributed by atoms with Crippen LogP contribution in [0.4, 0.5) is 0 Å². The Hall–Kier alpha value is -4.78. The Kier molecular flexibility index (Phi) is 15.1. The van der Waals surface area contributed by atoms with Gasteiger partial charge >= 0.3 is 5.97 Å². The Morgan fingerprint density at radius 1 is 0.941 bits per heavy atom. The lowest BCUT2D eigenvalue weighted by Gasteiger charge is -2.34. The van der Waals surface area contributed by atoms with Gasteiger partial charge in [-0.2, -0.15) is 0 Å². The van der Waals surface area contributed by atoms with Crippen LogP contribution in [0.25, 0.3) is 10.9 Å². The summed E-state index contributed by atoms with van der Waals surface area (Å²) in [7, 11) is -3.97. The van der Waals surface area contributed by atoms with E-state index in [0.29, 0.717) is 37.7 Å². The van der Waals surface area contributed by atoms with Gasteiger partial charge in [-0.15, -0.1) is 6.58 Å². The van der Waals surface area contributed by atoms with E-state index in [0.717, 1.165) is 80.0 Å². The van der Waals surface area contributed by atoms with E-state index in [-0.39, 0.29) is 50.0 Å². The maximum Gasteiger partial charge on any atom is 0.306 e. The molecule has 368 valence electrons. The second kappa shape index (κ2) is 20.7. The third-order valence-corrected chi connectivity index (χ3v) is 17.8. The number of hydrogen-bond donors (Lipinski definition) is 1. The number of ether oxygens (including phenoxy) is 3. The number of benzene rings is 2. The number of aryl methyl sites for hydroxylation is 1. The first-order valence-corrected chi connectivity index (χ1v) is 27.0. The van der Waals surface area contributed by atoms with Crippen LogP contribution in [0.5, 0.6) is 11.6 Å². The minimum Gasteiger partial charge on any atom is -0.492 e.